The molecule has 2 amide bonds. The molecule has 0 saturated heterocycles. The Balaban J connectivity index is 1.83. The average molecular weight is 353 g/mol. The Labute approximate surface area is 155 Å². The van der Waals surface area contributed by atoms with Crippen LogP contribution in [-0.2, 0) is 16.0 Å². The molecule has 3 N–H and O–H groups in total. The Morgan fingerprint density at radius 2 is 1.58 bits per heavy atom. The number of benzene rings is 2. The molecule has 0 fully saturated rings. The minimum Gasteiger partial charge on any atom is -0.376 e. The number of aryl methyl sites for hydroxylation is 4. The maximum atomic E-state index is 12.1. The molecule has 2 aromatic rings. The van der Waals surface area contributed by atoms with Crippen molar-refractivity contribution in [1.29, 1.82) is 0 Å². The lowest BCUT2D eigenvalue weighted by atomic mass is 10.1. The summed E-state index contributed by atoms with van der Waals surface area (Å²) in [5, 5.41) is 8.64. The molecule has 0 heterocycles. The van der Waals surface area contributed by atoms with Gasteiger partial charge in [0.25, 0.3) is 0 Å². The summed E-state index contributed by atoms with van der Waals surface area (Å²) in [5.41, 5.74) is 6.10. The van der Waals surface area contributed by atoms with E-state index < -0.39 is 0 Å². The van der Waals surface area contributed by atoms with Gasteiger partial charge in [-0.15, -0.1) is 0 Å². The quantitative estimate of drug-likeness (QED) is 0.715. The van der Waals surface area contributed by atoms with E-state index in [1.807, 2.05) is 57.2 Å². The van der Waals surface area contributed by atoms with Crippen molar-refractivity contribution in [2.75, 3.05) is 23.7 Å². The lowest BCUT2D eigenvalue weighted by Gasteiger charge is -2.14. The zero-order valence-electron chi connectivity index (χ0n) is 15.9. The number of amides is 2. The molecule has 0 radical (unpaired) electrons. The molecule has 0 aliphatic heterocycles. The van der Waals surface area contributed by atoms with Gasteiger partial charge in [0.15, 0.2) is 0 Å². The summed E-state index contributed by atoms with van der Waals surface area (Å²) < 4.78 is 0. The number of hydrogen-bond donors (Lipinski definition) is 3. The Hall–Kier alpha value is -2.82. The summed E-state index contributed by atoms with van der Waals surface area (Å²) in [5.74, 6) is -0.453. The van der Waals surface area contributed by atoms with Gasteiger partial charge in [-0.1, -0.05) is 42.8 Å². The van der Waals surface area contributed by atoms with Gasteiger partial charge in [-0.25, -0.2) is 0 Å². The predicted molar refractivity (Wildman–Crippen MR) is 107 cm³/mol. The Bertz CT molecular complexity index is 777. The number of rotatable bonds is 7. The molecule has 5 nitrogen and oxygen atoms in total. The highest BCUT2D eigenvalue weighted by Gasteiger charge is 2.10. The zero-order chi connectivity index (χ0) is 19.1. The third-order valence-electron chi connectivity index (χ3n) is 4.23. The predicted octanol–water partition coefficient (Wildman–Crippen LogP) is 3.34. The summed E-state index contributed by atoms with van der Waals surface area (Å²) in [7, 11) is 0. The molecule has 5 heteroatoms. The summed E-state index contributed by atoms with van der Waals surface area (Å²) in [6.07, 6.45) is 0.891. The van der Waals surface area contributed by atoms with Gasteiger partial charge in [-0.05, 0) is 49.9 Å². The van der Waals surface area contributed by atoms with Gasteiger partial charge < -0.3 is 16.0 Å². The SMILES string of the molecule is CCc1ccccc1NCC(=O)NCC(=O)Nc1c(C)cc(C)cc1C. The van der Waals surface area contributed by atoms with Crippen LogP contribution in [0, 0.1) is 20.8 Å². The maximum Gasteiger partial charge on any atom is 0.243 e. The largest absolute Gasteiger partial charge is 0.376 e. The van der Waals surface area contributed by atoms with Gasteiger partial charge in [0.05, 0.1) is 13.1 Å². The molecule has 2 aromatic carbocycles. The highest BCUT2D eigenvalue weighted by atomic mass is 16.2. The maximum absolute atomic E-state index is 12.1. The normalized spacial score (nSPS) is 10.3. The lowest BCUT2D eigenvalue weighted by molar-refractivity contribution is -0.122. The van der Waals surface area contributed by atoms with Crippen LogP contribution >= 0.6 is 0 Å². The van der Waals surface area contributed by atoms with E-state index in [2.05, 4.69) is 22.9 Å². The minimum absolute atomic E-state index is 0.0529. The van der Waals surface area contributed by atoms with Crippen molar-refractivity contribution in [2.45, 2.75) is 34.1 Å². The van der Waals surface area contributed by atoms with E-state index in [0.29, 0.717) is 0 Å². The minimum atomic E-state index is -0.234. The third-order valence-corrected chi connectivity index (χ3v) is 4.23. The number of carbonyl (C=O) groups is 2. The van der Waals surface area contributed by atoms with E-state index in [9.17, 15) is 9.59 Å². The molecule has 138 valence electrons. The van der Waals surface area contributed by atoms with E-state index >= 15 is 0 Å². The van der Waals surface area contributed by atoms with Crippen LogP contribution in [0.4, 0.5) is 11.4 Å². The van der Waals surface area contributed by atoms with Crippen molar-refractivity contribution in [3.8, 4) is 0 Å². The third kappa shape index (κ3) is 5.34. The van der Waals surface area contributed by atoms with Gasteiger partial charge in [0, 0.05) is 11.4 Å². The van der Waals surface area contributed by atoms with Crippen LogP contribution in [-0.4, -0.2) is 24.9 Å². The fraction of sp³-hybridized carbons (Fsp3) is 0.333. The van der Waals surface area contributed by atoms with Crippen molar-refractivity contribution in [1.82, 2.24) is 5.32 Å². The van der Waals surface area contributed by atoms with E-state index in [1.54, 1.807) is 0 Å². The molecule has 0 saturated carbocycles. The second-order valence-corrected chi connectivity index (χ2v) is 6.46. The number of para-hydroxylation sites is 1. The summed E-state index contributed by atoms with van der Waals surface area (Å²) in [4.78, 5) is 24.1. The van der Waals surface area contributed by atoms with Crippen LogP contribution in [0.25, 0.3) is 0 Å². The van der Waals surface area contributed by atoms with E-state index in [1.165, 1.54) is 0 Å². The fourth-order valence-electron chi connectivity index (χ4n) is 2.98. The van der Waals surface area contributed by atoms with Crippen LogP contribution in [0.15, 0.2) is 36.4 Å². The van der Waals surface area contributed by atoms with Crippen molar-refractivity contribution < 1.29 is 9.59 Å². The summed E-state index contributed by atoms with van der Waals surface area (Å²) in [6, 6.07) is 11.9. The summed E-state index contributed by atoms with van der Waals surface area (Å²) in [6.45, 7) is 8.09. The van der Waals surface area contributed by atoms with Crippen LogP contribution < -0.4 is 16.0 Å². The molecule has 0 aliphatic rings. The van der Waals surface area contributed by atoms with Crippen LogP contribution in [0.1, 0.15) is 29.2 Å². The number of carbonyl (C=O) groups excluding carboxylic acids is 2. The Kier molecular flexibility index (Phi) is 6.78. The average Bonchev–Trinajstić information content (AvgIpc) is 2.61. The number of anilines is 2. The highest BCUT2D eigenvalue weighted by molar-refractivity contribution is 5.96. The fourth-order valence-corrected chi connectivity index (χ4v) is 2.98. The summed E-state index contributed by atoms with van der Waals surface area (Å²) >= 11 is 0. The first kappa shape index (κ1) is 19.5. The Morgan fingerprint density at radius 3 is 2.23 bits per heavy atom. The van der Waals surface area contributed by atoms with Crippen molar-refractivity contribution >= 4 is 23.2 Å². The Morgan fingerprint density at radius 1 is 0.923 bits per heavy atom. The van der Waals surface area contributed by atoms with Crippen molar-refractivity contribution in [2.24, 2.45) is 0 Å². The van der Waals surface area contributed by atoms with Crippen molar-refractivity contribution in [3.63, 3.8) is 0 Å². The van der Waals surface area contributed by atoms with Gasteiger partial charge >= 0.3 is 0 Å². The second kappa shape index (κ2) is 9.04. The molecule has 0 unspecified atom stereocenters. The zero-order valence-corrected chi connectivity index (χ0v) is 15.9. The molecule has 0 aromatic heterocycles. The first-order chi connectivity index (χ1) is 12.4. The number of hydrogen-bond acceptors (Lipinski definition) is 3. The van der Waals surface area contributed by atoms with E-state index in [-0.39, 0.29) is 24.9 Å². The van der Waals surface area contributed by atoms with Crippen LogP contribution in [0.5, 0.6) is 0 Å². The van der Waals surface area contributed by atoms with Gasteiger partial charge in [-0.3, -0.25) is 9.59 Å². The second-order valence-electron chi connectivity index (χ2n) is 6.46. The lowest BCUT2D eigenvalue weighted by Crippen LogP contribution is -2.36. The van der Waals surface area contributed by atoms with Gasteiger partial charge in [0.2, 0.25) is 11.8 Å². The molecule has 26 heavy (non-hydrogen) atoms. The molecular weight excluding hydrogens is 326 g/mol. The molecule has 0 bridgehead atoms. The smallest absolute Gasteiger partial charge is 0.243 e. The molecular formula is C21H27N3O2. The molecule has 2 rings (SSSR count). The van der Waals surface area contributed by atoms with E-state index in [0.717, 1.165) is 40.0 Å². The highest BCUT2D eigenvalue weighted by Crippen LogP contribution is 2.21. The monoisotopic (exact) mass is 353 g/mol. The first-order valence-electron chi connectivity index (χ1n) is 8.87. The first-order valence-corrected chi connectivity index (χ1v) is 8.87. The van der Waals surface area contributed by atoms with E-state index in [4.69, 9.17) is 0 Å². The van der Waals surface area contributed by atoms with Crippen LogP contribution in [0.2, 0.25) is 0 Å². The molecule has 0 atom stereocenters. The molecule has 0 spiro atoms. The standard InChI is InChI=1S/C21H27N3O2/c1-5-17-8-6-7-9-18(17)22-12-19(25)23-13-20(26)24-21-15(3)10-14(2)11-16(21)4/h6-11,22H,5,12-13H2,1-4H3,(H,23,25)(H,24,26). The van der Waals surface area contributed by atoms with Crippen LogP contribution in [0.3, 0.4) is 0 Å². The topological polar surface area (TPSA) is 70.2 Å². The van der Waals surface area contributed by atoms with Gasteiger partial charge in [-0.2, -0.15) is 0 Å². The van der Waals surface area contributed by atoms with Gasteiger partial charge in [0.1, 0.15) is 0 Å². The number of nitrogens with one attached hydrogen (secondary N) is 3. The van der Waals surface area contributed by atoms with Crippen molar-refractivity contribution in [3.05, 3.63) is 58.7 Å². The molecule has 0 aliphatic carbocycles.